The minimum absolute atomic E-state index is 0.0621. The van der Waals surface area contributed by atoms with Gasteiger partial charge in [0.1, 0.15) is 0 Å². The molecule has 3 heteroatoms. The molecule has 0 bridgehead atoms. The summed E-state index contributed by atoms with van der Waals surface area (Å²) < 4.78 is 0. The van der Waals surface area contributed by atoms with Crippen LogP contribution in [0, 0.1) is 5.92 Å². The zero-order valence-electron chi connectivity index (χ0n) is 10.1. The molecule has 1 aromatic carbocycles. The summed E-state index contributed by atoms with van der Waals surface area (Å²) in [6, 6.07) is 8.17. The summed E-state index contributed by atoms with van der Waals surface area (Å²) in [5, 5.41) is 11.9. The van der Waals surface area contributed by atoms with E-state index in [0.29, 0.717) is 5.57 Å². The number of carbonyl (C=O) groups is 1. The molecular formula is C14H17NO2. The Morgan fingerprint density at radius 1 is 1.35 bits per heavy atom. The van der Waals surface area contributed by atoms with Crippen molar-refractivity contribution in [2.75, 3.05) is 0 Å². The quantitative estimate of drug-likeness (QED) is 0.532. The van der Waals surface area contributed by atoms with E-state index in [0.717, 1.165) is 12.7 Å². The van der Waals surface area contributed by atoms with E-state index in [-0.39, 0.29) is 17.9 Å². The first-order chi connectivity index (χ1) is 8.31. The molecule has 3 nitrogen and oxygen atoms in total. The third kappa shape index (κ3) is 1.71. The highest BCUT2D eigenvalue weighted by molar-refractivity contribution is 5.97. The summed E-state index contributed by atoms with van der Waals surface area (Å²) in [6.07, 6.45) is 1.79. The number of benzene rings is 1. The monoisotopic (exact) mass is 231 g/mol. The number of rotatable bonds is 0. The Morgan fingerprint density at radius 2 is 2.06 bits per heavy atom. The van der Waals surface area contributed by atoms with Crippen molar-refractivity contribution in [2.45, 2.75) is 26.3 Å². The highest BCUT2D eigenvalue weighted by Gasteiger charge is 2.43. The summed E-state index contributed by atoms with van der Waals surface area (Å²) in [7, 11) is 0. The van der Waals surface area contributed by atoms with Crippen LogP contribution in [0.3, 0.4) is 0 Å². The number of aliphatic hydroxyl groups is 1. The first-order valence-electron chi connectivity index (χ1n) is 6.04. The maximum Gasteiger partial charge on any atom is 0.251 e. The van der Waals surface area contributed by atoms with E-state index in [1.54, 1.807) is 0 Å². The number of hydrogen-bond donors (Lipinski definition) is 2. The van der Waals surface area contributed by atoms with E-state index in [1.165, 1.54) is 11.1 Å². The van der Waals surface area contributed by atoms with Crippen molar-refractivity contribution in [2.24, 2.45) is 5.92 Å². The number of amides is 1. The average Bonchev–Trinajstić information content (AvgIpc) is 2.86. The van der Waals surface area contributed by atoms with Crippen LogP contribution in [0.2, 0.25) is 0 Å². The van der Waals surface area contributed by atoms with E-state index >= 15 is 0 Å². The molecule has 1 heterocycles. The first kappa shape index (κ1) is 11.7. The normalized spacial score (nSPS) is 26.9. The van der Waals surface area contributed by atoms with Crippen LogP contribution >= 0.6 is 0 Å². The molecule has 0 aromatic heterocycles. The zero-order valence-corrected chi connectivity index (χ0v) is 10.1. The van der Waals surface area contributed by atoms with Crippen LogP contribution in [0.5, 0.6) is 0 Å². The molecule has 3 rings (SSSR count). The van der Waals surface area contributed by atoms with Gasteiger partial charge in [0.2, 0.25) is 0 Å². The fourth-order valence-electron chi connectivity index (χ4n) is 2.61. The van der Waals surface area contributed by atoms with Gasteiger partial charge >= 0.3 is 0 Å². The van der Waals surface area contributed by atoms with Crippen molar-refractivity contribution in [3.05, 3.63) is 47.2 Å². The second kappa shape index (κ2) is 4.62. The van der Waals surface area contributed by atoms with Crippen LogP contribution in [0.4, 0.5) is 0 Å². The lowest BCUT2D eigenvalue weighted by Gasteiger charge is -2.08. The number of carbonyl (C=O) groups excluding carboxylic acids is 1. The Kier molecular flexibility index (Phi) is 3.18. The van der Waals surface area contributed by atoms with Crippen LogP contribution in [-0.4, -0.2) is 11.0 Å². The third-order valence-electron chi connectivity index (χ3n) is 3.32. The van der Waals surface area contributed by atoms with Crippen LogP contribution in [0.25, 0.3) is 0 Å². The summed E-state index contributed by atoms with van der Waals surface area (Å²) >= 11 is 0. The Bertz CT molecular complexity index is 465. The van der Waals surface area contributed by atoms with Crippen molar-refractivity contribution < 1.29 is 9.90 Å². The summed E-state index contributed by atoms with van der Waals surface area (Å²) in [5.74, 6) is -0.0260. The molecule has 1 aliphatic heterocycles. The number of fused-ring (bicyclic) bond motifs is 3. The Labute approximate surface area is 101 Å². The fourth-order valence-corrected chi connectivity index (χ4v) is 2.61. The predicted molar refractivity (Wildman–Crippen MR) is 66.6 cm³/mol. The standard InChI is InChI=1S/C12H11NO2.C2H6/c14-6-10-9-5-7-3-1-2-4-8(7)11(9)13-12(10)15;1-2/h1-4,6,9,11,14H,5H2,(H,13,15);1-2H3/b10-6-;. The smallest absolute Gasteiger partial charge is 0.251 e. The predicted octanol–water partition coefficient (Wildman–Crippen LogP) is 2.50. The van der Waals surface area contributed by atoms with Crippen LogP contribution < -0.4 is 5.32 Å². The molecule has 90 valence electrons. The topological polar surface area (TPSA) is 49.3 Å². The van der Waals surface area contributed by atoms with E-state index in [1.807, 2.05) is 32.0 Å². The summed E-state index contributed by atoms with van der Waals surface area (Å²) in [6.45, 7) is 4.00. The molecule has 2 N–H and O–H groups in total. The van der Waals surface area contributed by atoms with Gasteiger partial charge in [-0.2, -0.15) is 0 Å². The second-order valence-corrected chi connectivity index (χ2v) is 4.05. The van der Waals surface area contributed by atoms with Gasteiger partial charge in [0.05, 0.1) is 17.9 Å². The van der Waals surface area contributed by atoms with Gasteiger partial charge in [-0.3, -0.25) is 4.79 Å². The van der Waals surface area contributed by atoms with Crippen molar-refractivity contribution in [3.63, 3.8) is 0 Å². The van der Waals surface area contributed by atoms with Gasteiger partial charge in [-0.15, -0.1) is 0 Å². The minimum Gasteiger partial charge on any atom is -0.515 e. The van der Waals surface area contributed by atoms with Crippen LogP contribution in [0.15, 0.2) is 36.1 Å². The lowest BCUT2D eigenvalue weighted by atomic mass is 9.98. The maximum atomic E-state index is 11.5. The van der Waals surface area contributed by atoms with E-state index in [4.69, 9.17) is 5.11 Å². The molecule has 1 aliphatic carbocycles. The SMILES string of the molecule is CC.O=C1NC2c3ccccc3CC2/C1=C/O. The van der Waals surface area contributed by atoms with Gasteiger partial charge in [-0.25, -0.2) is 0 Å². The average molecular weight is 231 g/mol. The Morgan fingerprint density at radius 3 is 2.76 bits per heavy atom. The van der Waals surface area contributed by atoms with E-state index in [9.17, 15) is 4.79 Å². The number of nitrogens with one attached hydrogen (secondary N) is 1. The Hall–Kier alpha value is -1.77. The summed E-state index contributed by atoms with van der Waals surface area (Å²) in [5.41, 5.74) is 2.97. The van der Waals surface area contributed by atoms with Gasteiger partial charge in [-0.1, -0.05) is 38.1 Å². The van der Waals surface area contributed by atoms with E-state index < -0.39 is 0 Å². The molecule has 2 aliphatic rings. The molecule has 2 atom stereocenters. The molecule has 2 unspecified atom stereocenters. The molecule has 0 spiro atoms. The minimum atomic E-state index is -0.137. The molecule has 1 fully saturated rings. The molecule has 0 radical (unpaired) electrons. The van der Waals surface area contributed by atoms with Gasteiger partial charge in [-0.05, 0) is 17.5 Å². The first-order valence-corrected chi connectivity index (χ1v) is 6.04. The molecule has 17 heavy (non-hydrogen) atoms. The van der Waals surface area contributed by atoms with Gasteiger partial charge in [0.15, 0.2) is 0 Å². The maximum absolute atomic E-state index is 11.5. The van der Waals surface area contributed by atoms with Crippen LogP contribution in [0.1, 0.15) is 31.0 Å². The Balaban J connectivity index is 0.000000514. The van der Waals surface area contributed by atoms with Crippen molar-refractivity contribution in [1.29, 1.82) is 0 Å². The second-order valence-electron chi connectivity index (χ2n) is 4.05. The number of hydrogen-bond acceptors (Lipinski definition) is 2. The van der Waals surface area contributed by atoms with Crippen LogP contribution in [-0.2, 0) is 11.2 Å². The zero-order chi connectivity index (χ0) is 12.4. The molecule has 0 saturated carbocycles. The van der Waals surface area contributed by atoms with Gasteiger partial charge in [0, 0.05) is 5.92 Å². The molecule has 1 aromatic rings. The van der Waals surface area contributed by atoms with Gasteiger partial charge < -0.3 is 10.4 Å². The lowest BCUT2D eigenvalue weighted by molar-refractivity contribution is -0.116. The van der Waals surface area contributed by atoms with Gasteiger partial charge in [0.25, 0.3) is 5.91 Å². The number of aliphatic hydroxyl groups excluding tert-OH is 1. The highest BCUT2D eigenvalue weighted by atomic mass is 16.2. The van der Waals surface area contributed by atoms with E-state index in [2.05, 4.69) is 11.4 Å². The van der Waals surface area contributed by atoms with Crippen molar-refractivity contribution in [1.82, 2.24) is 5.32 Å². The van der Waals surface area contributed by atoms with Crippen molar-refractivity contribution >= 4 is 5.91 Å². The van der Waals surface area contributed by atoms with Crippen molar-refractivity contribution in [3.8, 4) is 0 Å². The highest BCUT2D eigenvalue weighted by Crippen LogP contribution is 2.43. The summed E-state index contributed by atoms with van der Waals surface area (Å²) in [4.78, 5) is 11.5. The molecular weight excluding hydrogens is 214 g/mol. The third-order valence-corrected chi connectivity index (χ3v) is 3.32. The molecule has 1 amide bonds. The largest absolute Gasteiger partial charge is 0.515 e. The fraction of sp³-hybridized carbons (Fsp3) is 0.357. The molecule has 1 saturated heterocycles. The lowest BCUT2D eigenvalue weighted by Crippen LogP contribution is -2.18.